The van der Waals surface area contributed by atoms with Crippen LogP contribution in [-0.4, -0.2) is 27.3 Å². The zero-order valence-electron chi connectivity index (χ0n) is 13.1. The van der Waals surface area contributed by atoms with Gasteiger partial charge >= 0.3 is 0 Å². The van der Waals surface area contributed by atoms with Crippen molar-refractivity contribution in [3.63, 3.8) is 0 Å². The molecule has 2 atom stereocenters. The summed E-state index contributed by atoms with van der Waals surface area (Å²) in [6.07, 6.45) is -0.0150. The third-order valence-corrected chi connectivity index (χ3v) is 4.24. The summed E-state index contributed by atoms with van der Waals surface area (Å²) in [5.74, 6) is -0.0257. The Bertz CT molecular complexity index is 706. The highest BCUT2D eigenvalue weighted by molar-refractivity contribution is 5.97. The van der Waals surface area contributed by atoms with Gasteiger partial charge < -0.3 is 10.4 Å². The van der Waals surface area contributed by atoms with Crippen molar-refractivity contribution >= 4 is 5.91 Å². The average molecular weight is 299 g/mol. The van der Waals surface area contributed by atoms with Gasteiger partial charge in [0.1, 0.15) is 0 Å². The first kappa shape index (κ1) is 14.8. The van der Waals surface area contributed by atoms with Gasteiger partial charge in [-0.05, 0) is 24.0 Å². The van der Waals surface area contributed by atoms with Crippen molar-refractivity contribution < 1.29 is 9.90 Å². The van der Waals surface area contributed by atoms with Crippen LogP contribution in [0.5, 0.6) is 0 Å². The molecule has 3 rings (SSSR count). The fourth-order valence-corrected chi connectivity index (χ4v) is 3.11. The molecule has 1 heterocycles. The molecule has 0 radical (unpaired) electrons. The largest absolute Gasteiger partial charge is 0.390 e. The van der Waals surface area contributed by atoms with E-state index in [2.05, 4.69) is 15.5 Å². The van der Waals surface area contributed by atoms with Gasteiger partial charge in [0.15, 0.2) is 0 Å². The fraction of sp³-hybridized carbons (Fsp3) is 0.412. The standard InChI is InChI=1S/C17H21N3O2/c1-9(2)15-14(10(3)19-20-15)17(22)18-16-12-7-5-4-6-11(12)8-13(16)21/h4-7,9,13,16,21H,8H2,1-3H3,(H,18,22)(H,19,20)/t13-,16+/m1/s1. The van der Waals surface area contributed by atoms with Crippen molar-refractivity contribution in [3.8, 4) is 0 Å². The van der Waals surface area contributed by atoms with Gasteiger partial charge in [-0.25, -0.2) is 0 Å². The Balaban J connectivity index is 1.88. The molecule has 0 aliphatic heterocycles. The van der Waals surface area contributed by atoms with E-state index in [1.165, 1.54) is 0 Å². The van der Waals surface area contributed by atoms with Gasteiger partial charge in [-0.2, -0.15) is 5.10 Å². The lowest BCUT2D eigenvalue weighted by molar-refractivity contribution is 0.0856. The summed E-state index contributed by atoms with van der Waals surface area (Å²) in [4.78, 5) is 12.7. The molecule has 1 amide bonds. The first-order chi connectivity index (χ1) is 10.5. The Morgan fingerprint density at radius 2 is 2.14 bits per heavy atom. The minimum absolute atomic E-state index is 0.159. The van der Waals surface area contributed by atoms with Crippen LogP contribution in [0.25, 0.3) is 0 Å². The van der Waals surface area contributed by atoms with E-state index in [4.69, 9.17) is 0 Å². The fourth-order valence-electron chi connectivity index (χ4n) is 3.11. The van der Waals surface area contributed by atoms with Gasteiger partial charge in [0.25, 0.3) is 5.91 Å². The Labute approximate surface area is 129 Å². The van der Waals surface area contributed by atoms with E-state index in [-0.39, 0.29) is 17.9 Å². The number of benzene rings is 1. The van der Waals surface area contributed by atoms with Crippen molar-refractivity contribution in [3.05, 3.63) is 52.3 Å². The number of fused-ring (bicyclic) bond motifs is 1. The molecule has 2 aromatic rings. The van der Waals surface area contributed by atoms with E-state index in [1.807, 2.05) is 45.0 Å². The number of aromatic nitrogens is 2. The SMILES string of the molecule is Cc1[nH]nc(C(C)C)c1C(=O)N[C@H]1c2ccccc2C[C@H]1O. The van der Waals surface area contributed by atoms with E-state index >= 15 is 0 Å². The molecular formula is C17H21N3O2. The summed E-state index contributed by atoms with van der Waals surface area (Å²) < 4.78 is 0. The summed E-state index contributed by atoms with van der Waals surface area (Å²) in [5, 5.41) is 20.3. The van der Waals surface area contributed by atoms with Gasteiger partial charge in [-0.15, -0.1) is 0 Å². The average Bonchev–Trinajstić information content (AvgIpc) is 3.00. The predicted octanol–water partition coefficient (Wildman–Crippen LogP) is 2.23. The number of H-pyrrole nitrogens is 1. The zero-order valence-corrected chi connectivity index (χ0v) is 13.1. The molecule has 3 N–H and O–H groups in total. The molecular weight excluding hydrogens is 278 g/mol. The Morgan fingerprint density at radius 3 is 2.86 bits per heavy atom. The monoisotopic (exact) mass is 299 g/mol. The van der Waals surface area contributed by atoms with Crippen LogP contribution in [0.2, 0.25) is 0 Å². The third-order valence-electron chi connectivity index (χ3n) is 4.24. The number of nitrogens with one attached hydrogen (secondary N) is 2. The number of rotatable bonds is 3. The summed E-state index contributed by atoms with van der Waals surface area (Å²) in [6.45, 7) is 5.85. The summed E-state index contributed by atoms with van der Waals surface area (Å²) in [7, 11) is 0. The maximum atomic E-state index is 12.7. The first-order valence-electron chi connectivity index (χ1n) is 7.60. The highest BCUT2D eigenvalue weighted by Gasteiger charge is 2.33. The number of aliphatic hydroxyl groups is 1. The molecule has 0 saturated heterocycles. The summed E-state index contributed by atoms with van der Waals surface area (Å²) >= 11 is 0. The van der Waals surface area contributed by atoms with Crippen LogP contribution in [-0.2, 0) is 6.42 Å². The highest BCUT2D eigenvalue weighted by Crippen LogP contribution is 2.32. The molecule has 0 fully saturated rings. The molecule has 5 nitrogen and oxygen atoms in total. The van der Waals surface area contributed by atoms with Gasteiger partial charge in [0.05, 0.1) is 23.4 Å². The number of carbonyl (C=O) groups is 1. The van der Waals surface area contributed by atoms with Crippen molar-refractivity contribution in [2.24, 2.45) is 0 Å². The normalized spacial score (nSPS) is 20.2. The van der Waals surface area contributed by atoms with Gasteiger partial charge in [-0.3, -0.25) is 9.89 Å². The lowest BCUT2D eigenvalue weighted by Gasteiger charge is -2.18. The molecule has 1 aliphatic carbocycles. The maximum Gasteiger partial charge on any atom is 0.255 e. The molecule has 1 aromatic heterocycles. The maximum absolute atomic E-state index is 12.7. The Hall–Kier alpha value is -2.14. The minimum atomic E-state index is -0.587. The molecule has 5 heteroatoms. The van der Waals surface area contributed by atoms with Crippen LogP contribution in [0.1, 0.15) is 58.7 Å². The number of aryl methyl sites for hydroxylation is 1. The second kappa shape index (κ2) is 5.57. The highest BCUT2D eigenvalue weighted by atomic mass is 16.3. The van der Waals surface area contributed by atoms with Crippen LogP contribution < -0.4 is 5.32 Å². The van der Waals surface area contributed by atoms with Crippen LogP contribution in [0.4, 0.5) is 0 Å². The molecule has 0 saturated carbocycles. The number of aliphatic hydroxyl groups excluding tert-OH is 1. The van der Waals surface area contributed by atoms with E-state index in [0.29, 0.717) is 12.0 Å². The Kier molecular flexibility index (Phi) is 3.74. The zero-order chi connectivity index (χ0) is 15.9. The van der Waals surface area contributed by atoms with Crippen molar-refractivity contribution in [2.75, 3.05) is 0 Å². The number of carbonyl (C=O) groups excluding carboxylic acids is 1. The topological polar surface area (TPSA) is 78.0 Å². The van der Waals surface area contributed by atoms with E-state index in [0.717, 1.165) is 22.5 Å². The van der Waals surface area contributed by atoms with E-state index < -0.39 is 6.10 Å². The number of hydrogen-bond acceptors (Lipinski definition) is 3. The minimum Gasteiger partial charge on any atom is -0.390 e. The Morgan fingerprint density at radius 1 is 1.41 bits per heavy atom. The number of aromatic amines is 1. The van der Waals surface area contributed by atoms with Crippen molar-refractivity contribution in [1.29, 1.82) is 0 Å². The first-order valence-corrected chi connectivity index (χ1v) is 7.60. The van der Waals surface area contributed by atoms with Crippen LogP contribution >= 0.6 is 0 Å². The van der Waals surface area contributed by atoms with Crippen LogP contribution in [0.15, 0.2) is 24.3 Å². The number of amides is 1. The van der Waals surface area contributed by atoms with Crippen LogP contribution in [0, 0.1) is 6.92 Å². The summed E-state index contributed by atoms with van der Waals surface area (Å²) in [6, 6.07) is 7.47. The predicted molar refractivity (Wildman–Crippen MR) is 83.8 cm³/mol. The van der Waals surface area contributed by atoms with Crippen molar-refractivity contribution in [2.45, 2.75) is 45.3 Å². The smallest absolute Gasteiger partial charge is 0.255 e. The number of hydrogen-bond donors (Lipinski definition) is 3. The molecule has 1 aliphatic rings. The molecule has 0 bridgehead atoms. The molecule has 0 spiro atoms. The molecule has 116 valence electrons. The van der Waals surface area contributed by atoms with E-state index in [9.17, 15) is 9.90 Å². The second-order valence-corrected chi connectivity index (χ2v) is 6.18. The van der Waals surface area contributed by atoms with Gasteiger partial charge in [-0.1, -0.05) is 38.1 Å². The molecule has 1 aromatic carbocycles. The van der Waals surface area contributed by atoms with Gasteiger partial charge in [0.2, 0.25) is 0 Å². The van der Waals surface area contributed by atoms with Crippen molar-refractivity contribution in [1.82, 2.24) is 15.5 Å². The molecule has 22 heavy (non-hydrogen) atoms. The lowest BCUT2D eigenvalue weighted by atomic mass is 10.0. The third kappa shape index (κ3) is 2.41. The second-order valence-electron chi connectivity index (χ2n) is 6.18. The van der Waals surface area contributed by atoms with E-state index in [1.54, 1.807) is 0 Å². The quantitative estimate of drug-likeness (QED) is 0.813. The van der Waals surface area contributed by atoms with Gasteiger partial charge in [0, 0.05) is 12.1 Å². The van der Waals surface area contributed by atoms with Crippen LogP contribution in [0.3, 0.4) is 0 Å². The molecule has 0 unspecified atom stereocenters. The summed E-state index contributed by atoms with van der Waals surface area (Å²) in [5.41, 5.74) is 4.19. The lowest BCUT2D eigenvalue weighted by Crippen LogP contribution is -2.34. The number of nitrogens with zero attached hydrogens (tertiary/aromatic N) is 1.